The van der Waals surface area contributed by atoms with Crippen molar-refractivity contribution in [1.29, 1.82) is 0 Å². The number of likely N-dealkylation sites (N-methyl/N-ethyl adjacent to an activating group) is 1. The van der Waals surface area contributed by atoms with E-state index in [-0.39, 0.29) is 35.8 Å². The van der Waals surface area contributed by atoms with Crippen LogP contribution >= 0.6 is 11.6 Å². The number of hydrogen-bond donors (Lipinski definition) is 2. The van der Waals surface area contributed by atoms with E-state index in [2.05, 4.69) is 10.3 Å². The minimum atomic E-state index is -0.745. The second-order valence-corrected chi connectivity index (χ2v) is 8.52. The number of halogens is 3. The molecule has 35 heavy (non-hydrogen) atoms. The van der Waals surface area contributed by atoms with Gasteiger partial charge in [-0.3, -0.25) is 10.1 Å². The van der Waals surface area contributed by atoms with Crippen LogP contribution in [0.15, 0.2) is 48.7 Å². The summed E-state index contributed by atoms with van der Waals surface area (Å²) in [5, 5.41) is 4.11. The molecule has 3 aromatic rings. The fourth-order valence-electron chi connectivity index (χ4n) is 3.58. The van der Waals surface area contributed by atoms with Gasteiger partial charge in [-0.2, -0.15) is 0 Å². The highest BCUT2D eigenvalue weighted by Gasteiger charge is 2.22. The molecule has 2 aromatic carbocycles. The lowest BCUT2D eigenvalue weighted by Gasteiger charge is -2.28. The van der Waals surface area contributed by atoms with E-state index in [1.165, 1.54) is 35.4 Å². The number of benzene rings is 2. The van der Waals surface area contributed by atoms with Gasteiger partial charge >= 0.3 is 6.09 Å². The number of carbonyl (C=O) groups excluding carboxylic acids is 2. The molecule has 0 fully saturated rings. The number of rotatable bonds is 10. The van der Waals surface area contributed by atoms with Crippen molar-refractivity contribution >= 4 is 40.2 Å². The van der Waals surface area contributed by atoms with E-state index in [4.69, 9.17) is 22.1 Å². The van der Waals surface area contributed by atoms with E-state index in [0.29, 0.717) is 36.8 Å². The number of nitrogens with two attached hydrogens (primary N) is 1. The number of aryl methyl sites for hydroxylation is 1. The minimum Gasteiger partial charge on any atom is -0.447 e. The van der Waals surface area contributed by atoms with Gasteiger partial charge in [0.2, 0.25) is 5.91 Å². The molecule has 0 spiro atoms. The first kappa shape index (κ1) is 26.3. The Morgan fingerprint density at radius 1 is 1.14 bits per heavy atom. The molecule has 186 valence electrons. The van der Waals surface area contributed by atoms with Gasteiger partial charge in [0.25, 0.3) is 0 Å². The minimum absolute atomic E-state index is 0.0480. The van der Waals surface area contributed by atoms with Crippen molar-refractivity contribution in [3.8, 4) is 0 Å². The molecule has 3 rings (SSSR count). The Kier molecular flexibility index (Phi) is 9.33. The quantitative estimate of drug-likeness (QED) is 0.408. The Labute approximate surface area is 207 Å². The zero-order valence-corrected chi connectivity index (χ0v) is 20.0. The van der Waals surface area contributed by atoms with E-state index in [1.54, 1.807) is 25.2 Å². The number of ether oxygens (including phenoxy) is 1. The lowest BCUT2D eigenvalue weighted by molar-refractivity contribution is -0.132. The number of aromatic nitrogens is 1. The molecule has 0 saturated carbocycles. The molecule has 0 aliphatic heterocycles. The number of anilines is 1. The lowest BCUT2D eigenvalue weighted by Crippen LogP contribution is -2.41. The lowest BCUT2D eigenvalue weighted by atomic mass is 10.1. The third-order valence-electron chi connectivity index (χ3n) is 5.63. The van der Waals surface area contributed by atoms with Crippen LogP contribution < -0.4 is 11.1 Å². The summed E-state index contributed by atoms with van der Waals surface area (Å²) in [7, 11) is 1.64. The van der Waals surface area contributed by atoms with E-state index in [9.17, 15) is 18.4 Å². The Morgan fingerprint density at radius 2 is 1.89 bits per heavy atom. The average Bonchev–Trinajstić information content (AvgIpc) is 2.82. The van der Waals surface area contributed by atoms with E-state index < -0.39 is 17.7 Å². The molecule has 0 unspecified atom stereocenters. The fourth-order valence-corrected chi connectivity index (χ4v) is 3.84. The van der Waals surface area contributed by atoms with Gasteiger partial charge in [-0.1, -0.05) is 17.7 Å². The highest BCUT2D eigenvalue weighted by Crippen LogP contribution is 2.20. The van der Waals surface area contributed by atoms with E-state index in [0.717, 1.165) is 5.39 Å². The molecule has 0 bridgehead atoms. The van der Waals surface area contributed by atoms with Crippen molar-refractivity contribution in [2.24, 2.45) is 5.73 Å². The van der Waals surface area contributed by atoms with Gasteiger partial charge in [0.05, 0.1) is 6.04 Å². The van der Waals surface area contributed by atoms with E-state index >= 15 is 0 Å². The molecule has 2 amide bonds. The summed E-state index contributed by atoms with van der Waals surface area (Å²) in [5.74, 6) is -0.790. The molecule has 1 atom stereocenters. The second-order valence-electron chi connectivity index (χ2n) is 8.11. The van der Waals surface area contributed by atoms with Crippen molar-refractivity contribution in [2.45, 2.75) is 31.7 Å². The monoisotopic (exact) mass is 504 g/mol. The molecule has 1 heterocycles. The van der Waals surface area contributed by atoms with Crippen LogP contribution in [0.4, 0.5) is 19.4 Å². The Hall–Kier alpha value is -3.30. The largest absolute Gasteiger partial charge is 0.447 e. The van der Waals surface area contributed by atoms with Crippen molar-refractivity contribution in [1.82, 2.24) is 9.88 Å². The van der Waals surface area contributed by atoms with Gasteiger partial charge in [0, 0.05) is 30.1 Å². The number of nitrogens with one attached hydrogen (secondary N) is 1. The van der Waals surface area contributed by atoms with Crippen LogP contribution in [0.1, 0.15) is 24.8 Å². The molecule has 0 radical (unpaired) electrons. The van der Waals surface area contributed by atoms with Crippen LogP contribution in [0.5, 0.6) is 0 Å². The van der Waals surface area contributed by atoms with Gasteiger partial charge in [-0.15, -0.1) is 0 Å². The molecule has 1 aromatic heterocycles. The summed E-state index contributed by atoms with van der Waals surface area (Å²) >= 11 is 6.05. The average molecular weight is 505 g/mol. The molecule has 0 saturated heterocycles. The summed E-state index contributed by atoms with van der Waals surface area (Å²) in [6.45, 7) is 0.376. The summed E-state index contributed by atoms with van der Waals surface area (Å²) in [4.78, 5) is 30.8. The standard InChI is InChI=1S/C25H27ClF2N4O3/c1-32(24(33)9-6-16-4-7-20(28)13-22(16)26)21(3-2-10-29)15-35-25(34)31-23-12-18-11-19(27)8-5-17(18)14-30-23/h4-5,7-8,11-14,21H,2-3,6,9-10,15,29H2,1H3,(H,30,31,34)/t21-/m0/s1. The zero-order valence-electron chi connectivity index (χ0n) is 19.3. The maximum absolute atomic E-state index is 13.5. The molecule has 3 N–H and O–H groups in total. The third kappa shape index (κ3) is 7.60. The van der Waals surface area contributed by atoms with Crippen LogP contribution in [0.2, 0.25) is 5.02 Å². The van der Waals surface area contributed by atoms with Gasteiger partial charge in [0.1, 0.15) is 24.1 Å². The number of hydrogen-bond acceptors (Lipinski definition) is 5. The molecular weight excluding hydrogens is 478 g/mol. The number of amides is 2. The Bertz CT molecular complexity index is 1190. The van der Waals surface area contributed by atoms with Crippen LogP contribution in [0.25, 0.3) is 10.8 Å². The van der Waals surface area contributed by atoms with Crippen molar-refractivity contribution < 1.29 is 23.1 Å². The second kappa shape index (κ2) is 12.4. The zero-order chi connectivity index (χ0) is 25.4. The van der Waals surface area contributed by atoms with Crippen molar-refractivity contribution in [3.63, 3.8) is 0 Å². The normalized spacial score (nSPS) is 11.8. The summed E-state index contributed by atoms with van der Waals surface area (Å²) < 4.78 is 32.1. The van der Waals surface area contributed by atoms with Crippen molar-refractivity contribution in [2.75, 3.05) is 25.5 Å². The van der Waals surface area contributed by atoms with Gasteiger partial charge in [0.15, 0.2) is 0 Å². The molecule has 7 nitrogen and oxygen atoms in total. The Morgan fingerprint density at radius 3 is 2.63 bits per heavy atom. The van der Waals surface area contributed by atoms with Gasteiger partial charge in [-0.25, -0.2) is 18.6 Å². The predicted molar refractivity (Wildman–Crippen MR) is 131 cm³/mol. The number of fused-ring (bicyclic) bond motifs is 1. The summed E-state index contributed by atoms with van der Waals surface area (Å²) in [6, 6.07) is 9.49. The SMILES string of the molecule is CN(C(=O)CCc1ccc(F)cc1Cl)[C@@H](CCCN)COC(=O)Nc1cc2cc(F)ccc2cn1. The molecule has 0 aliphatic carbocycles. The fraction of sp³-hybridized carbons (Fsp3) is 0.320. The first-order valence-electron chi connectivity index (χ1n) is 11.2. The highest BCUT2D eigenvalue weighted by atomic mass is 35.5. The first-order chi connectivity index (χ1) is 16.8. The van der Waals surface area contributed by atoms with Gasteiger partial charge in [-0.05, 0) is 73.2 Å². The predicted octanol–water partition coefficient (Wildman–Crippen LogP) is 4.91. The van der Waals surface area contributed by atoms with Crippen LogP contribution in [-0.2, 0) is 16.0 Å². The highest BCUT2D eigenvalue weighted by molar-refractivity contribution is 6.31. The number of carbonyl (C=O) groups is 2. The molecule has 10 heteroatoms. The van der Waals surface area contributed by atoms with Gasteiger partial charge < -0.3 is 15.4 Å². The maximum atomic E-state index is 13.5. The summed E-state index contributed by atoms with van der Waals surface area (Å²) in [5.41, 5.74) is 6.30. The van der Waals surface area contributed by atoms with Crippen LogP contribution in [0.3, 0.4) is 0 Å². The smallest absolute Gasteiger partial charge is 0.412 e. The number of pyridine rings is 1. The van der Waals surface area contributed by atoms with Crippen LogP contribution in [-0.4, -0.2) is 48.1 Å². The number of nitrogens with zero attached hydrogens (tertiary/aromatic N) is 2. The van der Waals surface area contributed by atoms with E-state index in [1.807, 2.05) is 0 Å². The first-order valence-corrected chi connectivity index (χ1v) is 11.5. The Balaban J connectivity index is 1.56. The molecule has 0 aliphatic rings. The van der Waals surface area contributed by atoms with Crippen molar-refractivity contribution in [3.05, 3.63) is 70.9 Å². The summed E-state index contributed by atoms with van der Waals surface area (Å²) in [6.07, 6.45) is 2.46. The third-order valence-corrected chi connectivity index (χ3v) is 5.98. The topological polar surface area (TPSA) is 97.5 Å². The van der Waals surface area contributed by atoms with Crippen LogP contribution in [0, 0.1) is 11.6 Å². The molecular formula is C25H27ClF2N4O3. The maximum Gasteiger partial charge on any atom is 0.412 e.